The molecule has 2 aliphatic rings. The zero-order valence-electron chi connectivity index (χ0n) is 21.6. The van der Waals surface area contributed by atoms with Crippen LogP contribution in [0.5, 0.6) is 5.75 Å². The minimum atomic E-state index is -0.638. The van der Waals surface area contributed by atoms with Gasteiger partial charge in [-0.2, -0.15) is 0 Å². The number of rotatable bonds is 12. The van der Waals surface area contributed by atoms with Gasteiger partial charge in [0.25, 0.3) is 0 Å². The van der Waals surface area contributed by atoms with Crippen LogP contribution in [0, 0.1) is 5.21 Å². The number of fused-ring (bicyclic) bond motifs is 2. The molecule has 0 aromatic heterocycles. The molecular formula is C30H41N2O3-. The van der Waals surface area contributed by atoms with Crippen LogP contribution in [-0.2, 0) is 5.41 Å². The molecule has 0 saturated heterocycles. The van der Waals surface area contributed by atoms with E-state index in [9.17, 15) is 10.4 Å². The Bertz CT molecular complexity index is 1020. The number of hydrogen-bond acceptors (Lipinski definition) is 5. The molecule has 5 heteroatoms. The van der Waals surface area contributed by atoms with Crippen molar-refractivity contribution in [1.82, 2.24) is 0 Å². The molecule has 0 radical (unpaired) electrons. The zero-order chi connectivity index (χ0) is 24.9. The second-order valence-corrected chi connectivity index (χ2v) is 10.6. The second-order valence-electron chi connectivity index (χ2n) is 10.6. The molecule has 1 unspecified atom stereocenters. The average molecular weight is 478 g/mol. The van der Waals surface area contributed by atoms with Gasteiger partial charge in [-0.15, -0.1) is 0 Å². The predicted octanol–water partition coefficient (Wildman–Crippen LogP) is 8.20. The van der Waals surface area contributed by atoms with E-state index in [-0.39, 0.29) is 16.3 Å². The first-order valence-corrected chi connectivity index (χ1v) is 13.5. The lowest BCUT2D eigenvalue weighted by molar-refractivity contribution is 0.0531. The molecule has 0 amide bonds. The summed E-state index contributed by atoms with van der Waals surface area (Å²) in [4.78, 5) is 2.44. The fourth-order valence-electron chi connectivity index (χ4n) is 5.75. The summed E-state index contributed by atoms with van der Waals surface area (Å²) in [7, 11) is 0. The lowest BCUT2D eigenvalue weighted by Gasteiger charge is -2.47. The minimum Gasteiger partial charge on any atom is -0.733 e. The Balaban J connectivity index is 1.45. The van der Waals surface area contributed by atoms with E-state index >= 15 is 0 Å². The summed E-state index contributed by atoms with van der Waals surface area (Å²) in [6.07, 6.45) is 17.3. The number of nitrogens with zero attached hydrogens (tertiary/aromatic N) is 2. The first-order valence-electron chi connectivity index (χ1n) is 13.5. The van der Waals surface area contributed by atoms with Gasteiger partial charge in [-0.1, -0.05) is 82.9 Å². The molecule has 35 heavy (non-hydrogen) atoms. The maximum absolute atomic E-state index is 11.4. The van der Waals surface area contributed by atoms with Crippen LogP contribution in [0.2, 0.25) is 0 Å². The van der Waals surface area contributed by atoms with Crippen molar-refractivity contribution in [2.24, 2.45) is 0 Å². The topological polar surface area (TPSA) is 59.0 Å². The van der Waals surface area contributed by atoms with Gasteiger partial charge in [-0.05, 0) is 62.2 Å². The molecular weight excluding hydrogens is 436 g/mol. The van der Waals surface area contributed by atoms with E-state index in [1.54, 1.807) is 18.2 Å². The molecule has 2 heterocycles. The SMILES string of the molecule is CCCCCCCCCCCCN1c2ccccc2C(C)(C)C12C=Cc1cc(N([O-])O)ccc1O2. The van der Waals surface area contributed by atoms with E-state index in [0.29, 0.717) is 0 Å². The molecule has 2 aromatic rings. The fraction of sp³-hybridized carbons (Fsp3) is 0.533. The monoisotopic (exact) mass is 477 g/mol. The first kappa shape index (κ1) is 25.6. The molecule has 0 bridgehead atoms. The highest BCUT2D eigenvalue weighted by Gasteiger charge is 2.58. The normalized spacial score (nSPS) is 19.5. The van der Waals surface area contributed by atoms with E-state index in [1.165, 1.54) is 69.0 Å². The van der Waals surface area contributed by atoms with Crippen LogP contribution < -0.4 is 14.9 Å². The summed E-state index contributed by atoms with van der Waals surface area (Å²) < 4.78 is 6.80. The highest BCUT2D eigenvalue weighted by molar-refractivity contribution is 5.73. The van der Waals surface area contributed by atoms with Crippen LogP contribution in [0.3, 0.4) is 0 Å². The van der Waals surface area contributed by atoms with Crippen LogP contribution in [-0.4, -0.2) is 17.5 Å². The van der Waals surface area contributed by atoms with Gasteiger partial charge >= 0.3 is 0 Å². The quantitative estimate of drug-likeness (QED) is 0.247. The van der Waals surface area contributed by atoms with Crippen molar-refractivity contribution < 1.29 is 9.94 Å². The van der Waals surface area contributed by atoms with Gasteiger partial charge in [-0.25, -0.2) is 0 Å². The van der Waals surface area contributed by atoms with Crippen molar-refractivity contribution in [2.75, 3.05) is 16.7 Å². The number of hydrogen-bond donors (Lipinski definition) is 1. The van der Waals surface area contributed by atoms with Crippen molar-refractivity contribution in [2.45, 2.75) is 96.1 Å². The second kappa shape index (κ2) is 11.0. The summed E-state index contributed by atoms with van der Waals surface area (Å²) in [5.74, 6) is 0.729. The standard InChI is InChI=1S/C30H41N2O3/c1-4-5-6-7-8-9-10-11-12-15-22-31-27-17-14-13-16-26(27)29(2,3)30(31)21-20-24-23-25(32(33)34)18-19-28(24)35-30/h13-14,16-21,23,33H,4-12,15,22H2,1-3H3/q-1. The Labute approximate surface area is 210 Å². The van der Waals surface area contributed by atoms with Crippen LogP contribution in [0.15, 0.2) is 48.5 Å². The largest absolute Gasteiger partial charge is 0.733 e. The summed E-state index contributed by atoms with van der Waals surface area (Å²) in [5.41, 5.74) is 2.62. The molecule has 0 fully saturated rings. The maximum atomic E-state index is 11.4. The molecule has 1 spiro atoms. The molecule has 1 atom stereocenters. The van der Waals surface area contributed by atoms with Gasteiger partial charge in [0.2, 0.25) is 5.72 Å². The number of anilines is 2. The Kier molecular flexibility index (Phi) is 8.08. The molecule has 4 rings (SSSR count). The predicted molar refractivity (Wildman–Crippen MR) is 145 cm³/mol. The third-order valence-corrected chi connectivity index (χ3v) is 7.87. The van der Waals surface area contributed by atoms with Gasteiger partial charge in [0.05, 0.1) is 11.1 Å². The molecule has 0 aliphatic carbocycles. The highest BCUT2D eigenvalue weighted by atomic mass is 16.8. The van der Waals surface area contributed by atoms with Crippen molar-refractivity contribution in [3.8, 4) is 5.75 Å². The maximum Gasteiger partial charge on any atom is 0.212 e. The van der Waals surface area contributed by atoms with E-state index in [1.807, 2.05) is 6.08 Å². The van der Waals surface area contributed by atoms with Crippen LogP contribution in [0.25, 0.3) is 6.08 Å². The average Bonchev–Trinajstić information content (AvgIpc) is 3.03. The van der Waals surface area contributed by atoms with Gasteiger partial charge in [0, 0.05) is 17.8 Å². The summed E-state index contributed by atoms with van der Waals surface area (Å²) in [6.45, 7) is 7.70. The molecule has 5 nitrogen and oxygen atoms in total. The van der Waals surface area contributed by atoms with E-state index in [0.717, 1.165) is 24.3 Å². The summed E-state index contributed by atoms with van der Waals surface area (Å²) in [5, 5.41) is 20.6. The Morgan fingerprint density at radius 3 is 2.26 bits per heavy atom. The lowest BCUT2D eigenvalue weighted by atomic mass is 9.76. The smallest absolute Gasteiger partial charge is 0.212 e. The van der Waals surface area contributed by atoms with Crippen molar-refractivity contribution in [3.05, 3.63) is 64.9 Å². The number of ether oxygens (including phenoxy) is 1. The first-order chi connectivity index (χ1) is 16.9. The molecule has 1 N–H and O–H groups in total. The van der Waals surface area contributed by atoms with Crippen molar-refractivity contribution in [1.29, 1.82) is 0 Å². The van der Waals surface area contributed by atoms with Gasteiger partial charge < -0.3 is 20.1 Å². The van der Waals surface area contributed by atoms with Crippen LogP contribution in [0.4, 0.5) is 11.4 Å². The van der Waals surface area contributed by atoms with Crippen molar-refractivity contribution >= 4 is 17.5 Å². The number of unbranched alkanes of at least 4 members (excludes halogenated alkanes) is 9. The van der Waals surface area contributed by atoms with E-state index in [2.05, 4.69) is 56.0 Å². The summed E-state index contributed by atoms with van der Waals surface area (Å²) in [6, 6.07) is 13.7. The molecule has 0 saturated carbocycles. The van der Waals surface area contributed by atoms with Crippen molar-refractivity contribution in [3.63, 3.8) is 0 Å². The Morgan fingerprint density at radius 2 is 1.57 bits per heavy atom. The Hall–Kier alpha value is -2.50. The lowest BCUT2D eigenvalue weighted by Crippen LogP contribution is -2.59. The third-order valence-electron chi connectivity index (χ3n) is 7.87. The van der Waals surface area contributed by atoms with Gasteiger partial charge in [-0.3, -0.25) is 5.21 Å². The van der Waals surface area contributed by atoms with Crippen LogP contribution in [0.1, 0.15) is 96.1 Å². The fourth-order valence-corrected chi connectivity index (χ4v) is 5.75. The number of benzene rings is 2. The summed E-state index contributed by atoms with van der Waals surface area (Å²) >= 11 is 0. The van der Waals surface area contributed by atoms with Gasteiger partial charge in [0.1, 0.15) is 5.75 Å². The van der Waals surface area contributed by atoms with Crippen LogP contribution >= 0.6 is 0 Å². The highest BCUT2D eigenvalue weighted by Crippen LogP contribution is 2.55. The molecule has 2 aromatic carbocycles. The number of para-hydroxylation sites is 1. The molecule has 2 aliphatic heterocycles. The van der Waals surface area contributed by atoms with E-state index in [4.69, 9.17) is 4.74 Å². The zero-order valence-corrected chi connectivity index (χ0v) is 21.6. The molecule has 190 valence electrons. The third kappa shape index (κ3) is 5.07. The van der Waals surface area contributed by atoms with Gasteiger partial charge in [0.15, 0.2) is 0 Å². The van der Waals surface area contributed by atoms with E-state index < -0.39 is 5.72 Å². The Morgan fingerprint density at radius 1 is 0.914 bits per heavy atom. The minimum absolute atomic E-state index is 0.106.